The molecule has 0 aliphatic heterocycles. The minimum absolute atomic E-state index is 0.374. The zero-order valence-electron chi connectivity index (χ0n) is 17.1. The fourth-order valence-corrected chi connectivity index (χ4v) is 4.02. The number of nitrogens with zero attached hydrogens (tertiary/aromatic N) is 2. The fourth-order valence-electron chi connectivity index (χ4n) is 2.92. The zero-order chi connectivity index (χ0) is 21.7. The van der Waals surface area contributed by atoms with E-state index in [0.29, 0.717) is 40.6 Å². The highest BCUT2D eigenvalue weighted by Crippen LogP contribution is 2.28. The van der Waals surface area contributed by atoms with Crippen LogP contribution >= 0.6 is 11.3 Å². The second-order valence-electron chi connectivity index (χ2n) is 6.19. The number of rotatable bonds is 7. The lowest BCUT2D eigenvalue weighted by atomic mass is 10.2. The molecular formula is C21H22N2O6S. The van der Waals surface area contributed by atoms with Crippen LogP contribution < -0.4 is 14.3 Å². The van der Waals surface area contributed by atoms with E-state index in [1.165, 1.54) is 32.7 Å². The minimum Gasteiger partial charge on any atom is -0.493 e. The van der Waals surface area contributed by atoms with Gasteiger partial charge < -0.3 is 23.5 Å². The number of esters is 1. The van der Waals surface area contributed by atoms with Gasteiger partial charge in [-0.25, -0.2) is 4.79 Å². The molecule has 3 rings (SSSR count). The molecule has 0 N–H and O–H groups in total. The molecule has 1 heterocycles. The maximum atomic E-state index is 12.8. The molecule has 2 aromatic carbocycles. The molecule has 9 heteroatoms. The first kappa shape index (κ1) is 21.5. The Balaban J connectivity index is 2.09. The van der Waals surface area contributed by atoms with Gasteiger partial charge in [0, 0.05) is 19.2 Å². The molecule has 8 nitrogen and oxygen atoms in total. The van der Waals surface area contributed by atoms with Gasteiger partial charge in [-0.05, 0) is 36.4 Å². The highest BCUT2D eigenvalue weighted by atomic mass is 32.1. The molecule has 3 aromatic rings. The number of amides is 1. The van der Waals surface area contributed by atoms with Crippen molar-refractivity contribution in [1.29, 1.82) is 0 Å². The molecule has 0 spiro atoms. The molecule has 1 amide bonds. The summed E-state index contributed by atoms with van der Waals surface area (Å²) in [5.74, 6) is 0.141. The molecule has 0 unspecified atom stereocenters. The predicted octanol–water partition coefficient (Wildman–Crippen LogP) is 2.89. The van der Waals surface area contributed by atoms with Gasteiger partial charge in [-0.1, -0.05) is 11.3 Å². The van der Waals surface area contributed by atoms with Gasteiger partial charge in [-0.2, -0.15) is 4.99 Å². The van der Waals surface area contributed by atoms with Crippen LogP contribution in [0.5, 0.6) is 11.5 Å². The summed E-state index contributed by atoms with van der Waals surface area (Å²) < 4.78 is 23.2. The molecule has 0 aliphatic carbocycles. The van der Waals surface area contributed by atoms with Crippen molar-refractivity contribution in [3.63, 3.8) is 0 Å². The number of fused-ring (bicyclic) bond motifs is 1. The number of hydrogen-bond acceptors (Lipinski definition) is 7. The normalized spacial score (nSPS) is 11.5. The van der Waals surface area contributed by atoms with Crippen molar-refractivity contribution in [3.05, 3.63) is 52.3 Å². The van der Waals surface area contributed by atoms with E-state index in [0.717, 1.165) is 10.2 Å². The van der Waals surface area contributed by atoms with E-state index < -0.39 is 11.9 Å². The van der Waals surface area contributed by atoms with Gasteiger partial charge >= 0.3 is 5.97 Å². The summed E-state index contributed by atoms with van der Waals surface area (Å²) in [4.78, 5) is 29.5. The van der Waals surface area contributed by atoms with Crippen molar-refractivity contribution < 1.29 is 28.5 Å². The third-order valence-corrected chi connectivity index (χ3v) is 5.49. The smallest absolute Gasteiger partial charge is 0.337 e. The van der Waals surface area contributed by atoms with E-state index in [4.69, 9.17) is 18.9 Å². The van der Waals surface area contributed by atoms with E-state index in [2.05, 4.69) is 4.99 Å². The number of carbonyl (C=O) groups is 2. The van der Waals surface area contributed by atoms with E-state index in [-0.39, 0.29) is 0 Å². The first-order valence-electron chi connectivity index (χ1n) is 9.04. The van der Waals surface area contributed by atoms with Crippen LogP contribution in [0.1, 0.15) is 20.7 Å². The molecule has 158 valence electrons. The third-order valence-electron chi connectivity index (χ3n) is 4.45. The molecule has 0 saturated carbocycles. The van der Waals surface area contributed by atoms with E-state index in [9.17, 15) is 9.59 Å². The van der Waals surface area contributed by atoms with E-state index >= 15 is 0 Å². The summed E-state index contributed by atoms with van der Waals surface area (Å²) in [6.45, 7) is 0.953. The second kappa shape index (κ2) is 9.55. The monoisotopic (exact) mass is 430 g/mol. The highest BCUT2D eigenvalue weighted by molar-refractivity contribution is 7.16. The first-order chi connectivity index (χ1) is 14.5. The van der Waals surface area contributed by atoms with Crippen LogP contribution in [0.3, 0.4) is 0 Å². The van der Waals surface area contributed by atoms with Crippen LogP contribution in [0.2, 0.25) is 0 Å². The maximum absolute atomic E-state index is 12.8. The number of ether oxygens (including phenoxy) is 4. The number of hydrogen-bond donors (Lipinski definition) is 0. The van der Waals surface area contributed by atoms with Gasteiger partial charge in [0.2, 0.25) is 0 Å². The van der Waals surface area contributed by atoms with Crippen molar-refractivity contribution >= 4 is 33.4 Å². The quantitative estimate of drug-likeness (QED) is 0.536. The molecule has 0 atom stereocenters. The molecule has 0 bridgehead atoms. The highest BCUT2D eigenvalue weighted by Gasteiger charge is 2.14. The number of aromatic nitrogens is 1. The maximum Gasteiger partial charge on any atom is 0.337 e. The summed E-state index contributed by atoms with van der Waals surface area (Å²) in [6.07, 6.45) is 0. The zero-order valence-corrected chi connectivity index (χ0v) is 17.9. The standard InChI is InChI=1S/C21H22N2O6S/c1-26-10-9-23-15-7-5-14(20(25)29-4)12-18(15)30-21(23)22-19(24)13-6-8-16(27-2)17(11-13)28-3/h5-8,11-12H,9-10H2,1-4H3. The Labute approximate surface area is 177 Å². The summed E-state index contributed by atoms with van der Waals surface area (Å²) in [5, 5.41) is 0. The Morgan fingerprint density at radius 3 is 2.37 bits per heavy atom. The molecule has 0 aliphatic rings. The topological polar surface area (TPSA) is 88.4 Å². The Morgan fingerprint density at radius 2 is 1.70 bits per heavy atom. The average Bonchev–Trinajstić information content (AvgIpc) is 3.12. The van der Waals surface area contributed by atoms with Crippen molar-refractivity contribution in [2.45, 2.75) is 6.54 Å². The average molecular weight is 430 g/mol. The van der Waals surface area contributed by atoms with Crippen molar-refractivity contribution in [2.75, 3.05) is 35.0 Å². The molecule has 0 fully saturated rings. The number of benzene rings is 2. The number of methoxy groups -OCH3 is 4. The Kier molecular flexibility index (Phi) is 6.86. The minimum atomic E-state index is -0.423. The largest absolute Gasteiger partial charge is 0.493 e. The molecule has 0 radical (unpaired) electrons. The van der Waals surface area contributed by atoms with E-state index in [1.54, 1.807) is 37.4 Å². The summed E-state index contributed by atoms with van der Waals surface area (Å²) in [7, 11) is 5.98. The summed E-state index contributed by atoms with van der Waals surface area (Å²) >= 11 is 1.31. The molecule has 30 heavy (non-hydrogen) atoms. The Hall–Kier alpha value is -3.17. The van der Waals surface area contributed by atoms with Crippen LogP contribution in [0.15, 0.2) is 41.4 Å². The van der Waals surface area contributed by atoms with Crippen LogP contribution in [0.4, 0.5) is 0 Å². The summed E-state index contributed by atoms with van der Waals surface area (Å²) in [5.41, 5.74) is 1.66. The van der Waals surface area contributed by atoms with Crippen LogP contribution in [0, 0.1) is 0 Å². The lowest BCUT2D eigenvalue weighted by Gasteiger charge is -2.08. The molecule has 1 aromatic heterocycles. The van der Waals surface area contributed by atoms with Gasteiger partial charge in [0.25, 0.3) is 5.91 Å². The lowest BCUT2D eigenvalue weighted by Crippen LogP contribution is -2.19. The second-order valence-corrected chi connectivity index (χ2v) is 7.20. The predicted molar refractivity (Wildman–Crippen MR) is 112 cm³/mol. The number of carbonyl (C=O) groups excluding carboxylic acids is 2. The molecular weight excluding hydrogens is 408 g/mol. The fraction of sp³-hybridized carbons (Fsp3) is 0.286. The van der Waals surface area contributed by atoms with Crippen LogP contribution in [-0.4, -0.2) is 51.5 Å². The summed E-state index contributed by atoms with van der Waals surface area (Å²) in [6, 6.07) is 10.1. The first-order valence-corrected chi connectivity index (χ1v) is 9.85. The van der Waals surface area contributed by atoms with Gasteiger partial charge in [0.15, 0.2) is 16.3 Å². The van der Waals surface area contributed by atoms with Gasteiger partial charge in [0.1, 0.15) is 0 Å². The van der Waals surface area contributed by atoms with Gasteiger partial charge in [0.05, 0.1) is 43.7 Å². The van der Waals surface area contributed by atoms with Gasteiger partial charge in [-0.15, -0.1) is 0 Å². The van der Waals surface area contributed by atoms with Crippen molar-refractivity contribution in [3.8, 4) is 11.5 Å². The Bertz CT molecular complexity index is 1150. The van der Waals surface area contributed by atoms with Crippen molar-refractivity contribution in [1.82, 2.24) is 4.57 Å². The lowest BCUT2D eigenvalue weighted by molar-refractivity contribution is 0.0600. The van der Waals surface area contributed by atoms with Crippen LogP contribution in [0.25, 0.3) is 10.2 Å². The van der Waals surface area contributed by atoms with Crippen molar-refractivity contribution in [2.24, 2.45) is 4.99 Å². The van der Waals surface area contributed by atoms with E-state index in [1.807, 2.05) is 10.6 Å². The molecule has 0 saturated heterocycles. The van der Waals surface area contributed by atoms with Gasteiger partial charge in [-0.3, -0.25) is 4.79 Å². The third kappa shape index (κ3) is 4.37. The SMILES string of the molecule is COCCn1c(=NC(=O)c2ccc(OC)c(OC)c2)sc2cc(C(=O)OC)ccc21. The Morgan fingerprint density at radius 1 is 0.967 bits per heavy atom. The number of thiazole rings is 1. The van der Waals surface area contributed by atoms with Crippen LogP contribution in [-0.2, 0) is 16.0 Å².